The summed E-state index contributed by atoms with van der Waals surface area (Å²) in [5.74, 6) is -0.952. The Morgan fingerprint density at radius 1 is 1.12 bits per heavy atom. The summed E-state index contributed by atoms with van der Waals surface area (Å²) in [6.07, 6.45) is 0.278. The number of hydrogen-bond donors (Lipinski definition) is 1. The number of rotatable bonds is 10. The van der Waals surface area contributed by atoms with Gasteiger partial charge in [0.2, 0.25) is 0 Å². The highest BCUT2D eigenvalue weighted by atomic mass is 16.6. The largest absolute Gasteiger partial charge is 0.479 e. The smallest absolute Gasteiger partial charge is 0.333 e. The third kappa shape index (κ3) is 6.33. The number of carboxylic acid groups (broad SMARTS) is 1. The fraction of sp³-hybridized carbons (Fsp3) is 0.333. The second-order valence-electron chi connectivity index (χ2n) is 5.93. The van der Waals surface area contributed by atoms with E-state index in [1.54, 1.807) is 6.92 Å². The van der Waals surface area contributed by atoms with Crippen molar-refractivity contribution >= 4 is 11.7 Å². The van der Waals surface area contributed by atoms with Crippen LogP contribution in [0.25, 0.3) is 0 Å². The average Bonchev–Trinajstić information content (AvgIpc) is 2.65. The summed E-state index contributed by atoms with van der Waals surface area (Å²) in [5.41, 5.74) is 3.76. The van der Waals surface area contributed by atoms with Crippen LogP contribution in [0.4, 0.5) is 0 Å². The number of hydrogen-bond acceptors (Lipinski definition) is 4. The Kier molecular flexibility index (Phi) is 7.83. The van der Waals surface area contributed by atoms with Gasteiger partial charge in [-0.05, 0) is 36.6 Å². The van der Waals surface area contributed by atoms with Gasteiger partial charge in [-0.25, -0.2) is 4.79 Å². The summed E-state index contributed by atoms with van der Waals surface area (Å²) >= 11 is 0. The van der Waals surface area contributed by atoms with Crippen LogP contribution < -0.4 is 0 Å². The maximum absolute atomic E-state index is 11.2. The summed E-state index contributed by atoms with van der Waals surface area (Å²) in [6, 6.07) is 17.7. The molecule has 0 aliphatic heterocycles. The molecule has 0 saturated heterocycles. The van der Waals surface area contributed by atoms with E-state index in [-0.39, 0.29) is 0 Å². The van der Waals surface area contributed by atoms with E-state index < -0.39 is 12.1 Å². The standard InChI is InChI=1S/C21H25NO4/c1-3-25-20(21(23)24)15-18-10-7-11-19(14-18)16(2)22-26-13-12-17-8-5-4-6-9-17/h4-11,14,20H,3,12-13,15H2,1-2H3,(H,23,24)/b22-16+. The highest BCUT2D eigenvalue weighted by molar-refractivity contribution is 5.98. The first kappa shape index (κ1) is 19.7. The minimum atomic E-state index is -0.952. The molecule has 0 aliphatic rings. The predicted octanol–water partition coefficient (Wildman–Crippen LogP) is 3.70. The first-order valence-corrected chi connectivity index (χ1v) is 8.74. The molecular weight excluding hydrogens is 330 g/mol. The molecule has 0 aromatic heterocycles. The Balaban J connectivity index is 1.93. The Morgan fingerprint density at radius 3 is 2.54 bits per heavy atom. The van der Waals surface area contributed by atoms with E-state index >= 15 is 0 Å². The molecule has 2 rings (SSSR count). The zero-order valence-corrected chi connectivity index (χ0v) is 15.2. The average molecular weight is 355 g/mol. The van der Waals surface area contributed by atoms with Crippen molar-refractivity contribution in [3.8, 4) is 0 Å². The lowest BCUT2D eigenvalue weighted by atomic mass is 10.0. The van der Waals surface area contributed by atoms with Gasteiger partial charge in [0.1, 0.15) is 6.61 Å². The third-order valence-corrected chi connectivity index (χ3v) is 3.94. The lowest BCUT2D eigenvalue weighted by molar-refractivity contribution is -0.149. The highest BCUT2D eigenvalue weighted by Gasteiger charge is 2.18. The summed E-state index contributed by atoms with van der Waals surface area (Å²) in [4.78, 5) is 16.7. The topological polar surface area (TPSA) is 68.1 Å². The van der Waals surface area contributed by atoms with Crippen molar-refractivity contribution in [1.29, 1.82) is 0 Å². The van der Waals surface area contributed by atoms with Crippen LogP contribution in [0.2, 0.25) is 0 Å². The molecule has 0 heterocycles. The zero-order valence-electron chi connectivity index (χ0n) is 15.2. The Bertz CT molecular complexity index is 728. The van der Waals surface area contributed by atoms with E-state index in [0.717, 1.165) is 23.3 Å². The fourth-order valence-corrected chi connectivity index (χ4v) is 2.56. The SMILES string of the molecule is CCOC(Cc1cccc(/C(C)=N/OCCc2ccccc2)c1)C(=O)O. The Morgan fingerprint density at radius 2 is 1.85 bits per heavy atom. The normalized spacial score (nSPS) is 12.6. The van der Waals surface area contributed by atoms with Gasteiger partial charge in [-0.15, -0.1) is 0 Å². The van der Waals surface area contributed by atoms with Crippen LogP contribution in [0, 0.1) is 0 Å². The lowest BCUT2D eigenvalue weighted by Gasteiger charge is -2.13. The van der Waals surface area contributed by atoms with Gasteiger partial charge >= 0.3 is 5.97 Å². The van der Waals surface area contributed by atoms with Gasteiger partial charge in [0.15, 0.2) is 6.10 Å². The first-order valence-electron chi connectivity index (χ1n) is 8.74. The molecule has 0 aliphatic carbocycles. The van der Waals surface area contributed by atoms with Crippen LogP contribution in [-0.2, 0) is 27.2 Å². The molecule has 0 fully saturated rings. The first-order chi connectivity index (χ1) is 12.6. The monoisotopic (exact) mass is 355 g/mol. The molecule has 138 valence electrons. The second kappa shape index (κ2) is 10.4. The van der Waals surface area contributed by atoms with Crippen molar-refractivity contribution in [3.05, 3.63) is 71.3 Å². The van der Waals surface area contributed by atoms with Crippen LogP contribution in [0.15, 0.2) is 59.8 Å². The van der Waals surface area contributed by atoms with E-state index in [2.05, 4.69) is 17.3 Å². The Hall–Kier alpha value is -2.66. The molecule has 1 atom stereocenters. The number of carbonyl (C=O) groups is 1. The Labute approximate surface area is 154 Å². The molecule has 2 aromatic rings. The molecule has 26 heavy (non-hydrogen) atoms. The van der Waals surface area contributed by atoms with Gasteiger partial charge in [-0.3, -0.25) is 0 Å². The summed E-state index contributed by atoms with van der Waals surface area (Å²) in [5, 5.41) is 13.4. The number of oxime groups is 1. The zero-order chi connectivity index (χ0) is 18.8. The number of ether oxygens (including phenoxy) is 1. The van der Waals surface area contributed by atoms with E-state index in [1.807, 2.05) is 49.4 Å². The van der Waals surface area contributed by atoms with Crippen molar-refractivity contribution in [2.75, 3.05) is 13.2 Å². The van der Waals surface area contributed by atoms with Crippen molar-refractivity contribution < 1.29 is 19.5 Å². The van der Waals surface area contributed by atoms with Crippen LogP contribution in [0.1, 0.15) is 30.5 Å². The van der Waals surface area contributed by atoms with Gasteiger partial charge in [0.25, 0.3) is 0 Å². The van der Waals surface area contributed by atoms with Gasteiger partial charge in [0.05, 0.1) is 5.71 Å². The van der Waals surface area contributed by atoms with Gasteiger partial charge < -0.3 is 14.7 Å². The molecule has 0 spiro atoms. The van der Waals surface area contributed by atoms with E-state index in [4.69, 9.17) is 9.57 Å². The highest BCUT2D eigenvalue weighted by Crippen LogP contribution is 2.11. The molecule has 2 aromatic carbocycles. The molecule has 0 saturated carbocycles. The number of benzene rings is 2. The predicted molar refractivity (Wildman–Crippen MR) is 102 cm³/mol. The van der Waals surface area contributed by atoms with Gasteiger partial charge in [-0.1, -0.05) is 53.7 Å². The quantitative estimate of drug-likeness (QED) is 0.401. The maximum Gasteiger partial charge on any atom is 0.333 e. The van der Waals surface area contributed by atoms with E-state index in [9.17, 15) is 9.90 Å². The van der Waals surface area contributed by atoms with Crippen molar-refractivity contribution in [2.45, 2.75) is 32.8 Å². The number of carboxylic acids is 1. The van der Waals surface area contributed by atoms with Crippen LogP contribution in [0.3, 0.4) is 0 Å². The summed E-state index contributed by atoms with van der Waals surface area (Å²) in [7, 11) is 0. The molecule has 1 N–H and O–H groups in total. The van der Waals surface area contributed by atoms with Crippen molar-refractivity contribution in [1.82, 2.24) is 0 Å². The molecule has 0 amide bonds. The second-order valence-corrected chi connectivity index (χ2v) is 5.93. The minimum Gasteiger partial charge on any atom is -0.479 e. The van der Waals surface area contributed by atoms with Crippen LogP contribution >= 0.6 is 0 Å². The van der Waals surface area contributed by atoms with Crippen molar-refractivity contribution in [3.63, 3.8) is 0 Å². The van der Waals surface area contributed by atoms with Crippen LogP contribution in [0.5, 0.6) is 0 Å². The van der Waals surface area contributed by atoms with E-state index in [0.29, 0.717) is 19.6 Å². The molecule has 0 bridgehead atoms. The molecular formula is C21H25NO4. The fourth-order valence-electron chi connectivity index (χ4n) is 2.56. The summed E-state index contributed by atoms with van der Waals surface area (Å²) < 4.78 is 5.27. The van der Waals surface area contributed by atoms with Crippen molar-refractivity contribution in [2.24, 2.45) is 5.16 Å². The summed E-state index contributed by atoms with van der Waals surface area (Å²) in [6.45, 7) is 4.54. The maximum atomic E-state index is 11.2. The third-order valence-electron chi connectivity index (χ3n) is 3.94. The van der Waals surface area contributed by atoms with Crippen LogP contribution in [-0.4, -0.2) is 36.1 Å². The van der Waals surface area contributed by atoms with Gasteiger partial charge in [0, 0.05) is 19.4 Å². The number of aliphatic carboxylic acids is 1. The molecule has 5 heteroatoms. The molecule has 0 radical (unpaired) electrons. The van der Waals surface area contributed by atoms with E-state index in [1.165, 1.54) is 5.56 Å². The number of nitrogens with zero attached hydrogens (tertiary/aromatic N) is 1. The van der Waals surface area contributed by atoms with Gasteiger partial charge in [-0.2, -0.15) is 0 Å². The molecule has 1 unspecified atom stereocenters. The minimum absolute atomic E-state index is 0.319. The molecule has 5 nitrogen and oxygen atoms in total. The lowest BCUT2D eigenvalue weighted by Crippen LogP contribution is -2.26.